The molecule has 1 atom stereocenters. The Morgan fingerprint density at radius 1 is 1.29 bits per heavy atom. The van der Waals surface area contributed by atoms with Crippen LogP contribution in [0.5, 0.6) is 0 Å². The molecule has 1 saturated heterocycles. The molecule has 1 aliphatic heterocycles. The van der Waals surface area contributed by atoms with Gasteiger partial charge in [-0.3, -0.25) is 0 Å². The van der Waals surface area contributed by atoms with Crippen LogP contribution in [0.4, 0.5) is 0 Å². The van der Waals surface area contributed by atoms with Gasteiger partial charge in [-0.25, -0.2) is 8.42 Å². The minimum Gasteiger partial charge on any atom is -0.212 e. The van der Waals surface area contributed by atoms with Gasteiger partial charge in [-0.05, 0) is 25.2 Å². The molecule has 1 fully saturated rings. The van der Waals surface area contributed by atoms with Crippen LogP contribution in [0.2, 0.25) is 0 Å². The third kappa shape index (κ3) is 4.87. The summed E-state index contributed by atoms with van der Waals surface area (Å²) >= 11 is 3.45. The van der Waals surface area contributed by atoms with E-state index in [0.717, 1.165) is 37.4 Å². The van der Waals surface area contributed by atoms with E-state index in [1.807, 2.05) is 0 Å². The van der Waals surface area contributed by atoms with Gasteiger partial charge in [-0.2, -0.15) is 4.31 Å². The van der Waals surface area contributed by atoms with E-state index in [1.165, 1.54) is 0 Å². The molecule has 0 saturated carbocycles. The molecule has 1 unspecified atom stereocenters. The van der Waals surface area contributed by atoms with Gasteiger partial charge in [-0.1, -0.05) is 42.6 Å². The lowest BCUT2D eigenvalue weighted by Crippen LogP contribution is -2.42. The number of sulfonamides is 1. The van der Waals surface area contributed by atoms with Crippen LogP contribution in [0.1, 0.15) is 46.0 Å². The average molecular weight is 326 g/mol. The third-order valence-corrected chi connectivity index (χ3v) is 6.01. The Morgan fingerprint density at radius 3 is 2.59 bits per heavy atom. The molecule has 0 N–H and O–H groups in total. The van der Waals surface area contributed by atoms with E-state index >= 15 is 0 Å². The van der Waals surface area contributed by atoms with E-state index in [1.54, 1.807) is 4.31 Å². The van der Waals surface area contributed by atoms with Crippen molar-refractivity contribution in [2.24, 2.45) is 5.92 Å². The van der Waals surface area contributed by atoms with Crippen LogP contribution in [0, 0.1) is 5.92 Å². The van der Waals surface area contributed by atoms with Crippen molar-refractivity contribution in [3.63, 3.8) is 0 Å². The van der Waals surface area contributed by atoms with Gasteiger partial charge in [0.05, 0.1) is 5.75 Å². The number of halogens is 1. The Bertz CT molecular complexity index is 316. The molecule has 102 valence electrons. The Hall–Kier alpha value is 0.390. The molecule has 1 aliphatic rings. The number of nitrogens with zero attached hydrogens (tertiary/aromatic N) is 1. The maximum atomic E-state index is 12.3. The first-order chi connectivity index (χ1) is 7.97. The lowest BCUT2D eigenvalue weighted by molar-refractivity contribution is 0.346. The second-order valence-corrected chi connectivity index (χ2v) is 7.96. The first-order valence-electron chi connectivity index (χ1n) is 6.53. The summed E-state index contributed by atoms with van der Waals surface area (Å²) in [5, 5.41) is 0.758. The van der Waals surface area contributed by atoms with E-state index in [2.05, 4.69) is 29.8 Å². The summed E-state index contributed by atoms with van der Waals surface area (Å²) in [6.45, 7) is 4.84. The highest BCUT2D eigenvalue weighted by Crippen LogP contribution is 2.22. The van der Waals surface area contributed by atoms with Crippen molar-refractivity contribution in [2.45, 2.75) is 52.0 Å². The quantitative estimate of drug-likeness (QED) is 0.728. The minimum absolute atomic E-state index is 0.162. The van der Waals surface area contributed by atoms with Crippen LogP contribution in [-0.4, -0.2) is 36.4 Å². The number of hydrogen-bond acceptors (Lipinski definition) is 2. The highest BCUT2D eigenvalue weighted by molar-refractivity contribution is 9.09. The Balaban J connectivity index is 2.71. The van der Waals surface area contributed by atoms with Gasteiger partial charge in [-0.15, -0.1) is 0 Å². The van der Waals surface area contributed by atoms with Crippen LogP contribution in [0.25, 0.3) is 0 Å². The summed E-state index contributed by atoms with van der Waals surface area (Å²) in [4.78, 5) is 0. The van der Waals surface area contributed by atoms with Gasteiger partial charge in [0.1, 0.15) is 0 Å². The molecule has 0 radical (unpaired) electrons. The van der Waals surface area contributed by atoms with Gasteiger partial charge >= 0.3 is 0 Å². The molecule has 1 heterocycles. The standard InChI is InChI=1S/C12H24BrNO2S/c1-11(2)7-9-17(15,16)14-8-5-3-4-6-12(14)10-13/h11-12H,3-10H2,1-2H3. The fourth-order valence-electron chi connectivity index (χ4n) is 2.17. The first kappa shape index (κ1) is 15.4. The van der Waals surface area contributed by atoms with Crippen LogP contribution in [-0.2, 0) is 10.0 Å². The van der Waals surface area contributed by atoms with Gasteiger partial charge in [0.25, 0.3) is 0 Å². The Kier molecular flexibility index (Phi) is 6.45. The van der Waals surface area contributed by atoms with Gasteiger partial charge in [0, 0.05) is 17.9 Å². The molecule has 0 spiro atoms. The zero-order valence-electron chi connectivity index (χ0n) is 10.9. The Labute approximate surface area is 114 Å². The van der Waals surface area contributed by atoms with Crippen molar-refractivity contribution in [3.05, 3.63) is 0 Å². The summed E-state index contributed by atoms with van der Waals surface area (Å²) in [5.41, 5.74) is 0. The monoisotopic (exact) mass is 325 g/mol. The SMILES string of the molecule is CC(C)CCS(=O)(=O)N1CCCCCC1CBr. The normalized spacial score (nSPS) is 23.9. The van der Waals surface area contributed by atoms with Gasteiger partial charge in [0.15, 0.2) is 0 Å². The van der Waals surface area contributed by atoms with E-state index in [0.29, 0.717) is 18.2 Å². The van der Waals surface area contributed by atoms with E-state index in [9.17, 15) is 8.42 Å². The van der Waals surface area contributed by atoms with Crippen molar-refractivity contribution >= 4 is 26.0 Å². The van der Waals surface area contributed by atoms with Crippen molar-refractivity contribution in [2.75, 3.05) is 17.6 Å². The van der Waals surface area contributed by atoms with Crippen molar-refractivity contribution in [3.8, 4) is 0 Å². The molecular formula is C12H24BrNO2S. The number of alkyl halides is 1. The van der Waals surface area contributed by atoms with Crippen LogP contribution >= 0.6 is 15.9 Å². The second-order valence-electron chi connectivity index (χ2n) is 5.27. The fourth-order valence-corrected chi connectivity index (χ4v) is 5.08. The summed E-state index contributed by atoms with van der Waals surface area (Å²) in [5.74, 6) is 0.743. The van der Waals surface area contributed by atoms with Gasteiger partial charge in [0.2, 0.25) is 10.0 Å². The molecule has 17 heavy (non-hydrogen) atoms. The number of rotatable bonds is 5. The predicted molar refractivity (Wildman–Crippen MR) is 76.0 cm³/mol. The molecular weight excluding hydrogens is 302 g/mol. The summed E-state index contributed by atoms with van der Waals surface area (Å²) in [6.07, 6.45) is 5.05. The summed E-state index contributed by atoms with van der Waals surface area (Å²) < 4.78 is 26.4. The minimum atomic E-state index is -3.06. The van der Waals surface area contributed by atoms with Crippen molar-refractivity contribution in [1.82, 2.24) is 4.31 Å². The lowest BCUT2D eigenvalue weighted by atomic mass is 10.1. The topological polar surface area (TPSA) is 37.4 Å². The molecule has 0 aromatic heterocycles. The average Bonchev–Trinajstić information content (AvgIpc) is 2.51. The molecule has 0 bridgehead atoms. The van der Waals surface area contributed by atoms with Gasteiger partial charge < -0.3 is 0 Å². The molecule has 5 heteroatoms. The maximum absolute atomic E-state index is 12.3. The largest absolute Gasteiger partial charge is 0.214 e. The third-order valence-electron chi connectivity index (χ3n) is 3.31. The molecule has 1 rings (SSSR count). The maximum Gasteiger partial charge on any atom is 0.214 e. The smallest absolute Gasteiger partial charge is 0.212 e. The Morgan fingerprint density at radius 2 is 2.00 bits per heavy atom. The highest BCUT2D eigenvalue weighted by Gasteiger charge is 2.30. The molecule has 0 aromatic rings. The fraction of sp³-hybridized carbons (Fsp3) is 1.00. The van der Waals surface area contributed by atoms with E-state index in [4.69, 9.17) is 0 Å². The molecule has 0 aromatic carbocycles. The van der Waals surface area contributed by atoms with E-state index < -0.39 is 10.0 Å². The molecule has 0 amide bonds. The zero-order chi connectivity index (χ0) is 12.9. The lowest BCUT2D eigenvalue weighted by Gasteiger charge is -2.28. The zero-order valence-corrected chi connectivity index (χ0v) is 13.3. The molecule has 3 nitrogen and oxygen atoms in total. The van der Waals surface area contributed by atoms with Crippen molar-refractivity contribution in [1.29, 1.82) is 0 Å². The predicted octanol–water partition coefficient (Wildman–Crippen LogP) is 3.00. The summed E-state index contributed by atoms with van der Waals surface area (Å²) in [6, 6.07) is 0.162. The van der Waals surface area contributed by atoms with E-state index in [-0.39, 0.29) is 6.04 Å². The highest BCUT2D eigenvalue weighted by atomic mass is 79.9. The number of hydrogen-bond donors (Lipinski definition) is 0. The summed E-state index contributed by atoms with van der Waals surface area (Å²) in [7, 11) is -3.06. The first-order valence-corrected chi connectivity index (χ1v) is 9.26. The second kappa shape index (κ2) is 7.10. The van der Waals surface area contributed by atoms with Crippen molar-refractivity contribution < 1.29 is 8.42 Å². The van der Waals surface area contributed by atoms with Crippen LogP contribution in [0.3, 0.4) is 0 Å². The molecule has 0 aliphatic carbocycles. The van der Waals surface area contributed by atoms with Crippen LogP contribution < -0.4 is 0 Å². The van der Waals surface area contributed by atoms with Crippen LogP contribution in [0.15, 0.2) is 0 Å².